The van der Waals surface area contributed by atoms with E-state index in [9.17, 15) is 0 Å². The SMILES string of the molecule is COc1cc(NCc2noc(-c3ccccc3)n2)cc(OC)c1OC. The van der Waals surface area contributed by atoms with Crippen LogP contribution in [0.1, 0.15) is 5.82 Å². The predicted octanol–water partition coefficient (Wildman–Crippen LogP) is 3.37. The number of ether oxygens (including phenoxy) is 3. The fourth-order valence-electron chi connectivity index (χ4n) is 2.39. The maximum atomic E-state index is 5.34. The average molecular weight is 341 g/mol. The Hall–Kier alpha value is -3.22. The molecule has 0 spiro atoms. The summed E-state index contributed by atoms with van der Waals surface area (Å²) in [5.74, 6) is 2.72. The van der Waals surface area contributed by atoms with Crippen LogP contribution in [0.3, 0.4) is 0 Å². The topological polar surface area (TPSA) is 78.6 Å². The Bertz CT molecular complexity index is 808. The molecule has 1 aromatic heterocycles. The van der Waals surface area contributed by atoms with E-state index in [4.69, 9.17) is 18.7 Å². The minimum atomic E-state index is 0.398. The van der Waals surface area contributed by atoms with Crippen LogP contribution in [0.4, 0.5) is 5.69 Å². The lowest BCUT2D eigenvalue weighted by Crippen LogP contribution is -2.03. The first kappa shape index (κ1) is 16.6. The van der Waals surface area contributed by atoms with Crippen molar-refractivity contribution in [2.45, 2.75) is 6.54 Å². The smallest absolute Gasteiger partial charge is 0.257 e. The van der Waals surface area contributed by atoms with Crippen LogP contribution >= 0.6 is 0 Å². The van der Waals surface area contributed by atoms with E-state index in [1.807, 2.05) is 42.5 Å². The third-order valence-corrected chi connectivity index (χ3v) is 3.60. The highest BCUT2D eigenvalue weighted by Gasteiger charge is 2.14. The second kappa shape index (κ2) is 7.57. The Kier molecular flexibility index (Phi) is 5.03. The van der Waals surface area contributed by atoms with Gasteiger partial charge in [0.2, 0.25) is 5.75 Å². The molecule has 1 heterocycles. The van der Waals surface area contributed by atoms with Gasteiger partial charge in [-0.1, -0.05) is 23.4 Å². The molecule has 3 aromatic rings. The maximum absolute atomic E-state index is 5.34. The fourth-order valence-corrected chi connectivity index (χ4v) is 2.39. The van der Waals surface area contributed by atoms with E-state index < -0.39 is 0 Å². The zero-order valence-corrected chi connectivity index (χ0v) is 14.3. The first-order valence-corrected chi connectivity index (χ1v) is 7.67. The molecule has 130 valence electrons. The number of benzene rings is 2. The maximum Gasteiger partial charge on any atom is 0.257 e. The third-order valence-electron chi connectivity index (χ3n) is 3.60. The Morgan fingerprint density at radius 1 is 0.960 bits per heavy atom. The van der Waals surface area contributed by atoms with Gasteiger partial charge in [0.1, 0.15) is 0 Å². The molecule has 0 bridgehead atoms. The second-order valence-corrected chi connectivity index (χ2v) is 5.15. The minimum Gasteiger partial charge on any atom is -0.493 e. The molecule has 0 fully saturated rings. The number of nitrogens with one attached hydrogen (secondary N) is 1. The van der Waals surface area contributed by atoms with Crippen LogP contribution in [0.25, 0.3) is 11.5 Å². The molecule has 3 rings (SSSR count). The zero-order valence-electron chi connectivity index (χ0n) is 14.3. The van der Waals surface area contributed by atoms with Crippen molar-refractivity contribution in [2.75, 3.05) is 26.6 Å². The van der Waals surface area contributed by atoms with Crippen LogP contribution in [0.2, 0.25) is 0 Å². The van der Waals surface area contributed by atoms with Crippen molar-refractivity contribution in [3.63, 3.8) is 0 Å². The lowest BCUT2D eigenvalue weighted by atomic mass is 10.2. The Morgan fingerprint density at radius 3 is 2.24 bits per heavy atom. The highest BCUT2D eigenvalue weighted by molar-refractivity contribution is 5.62. The molecule has 0 aliphatic carbocycles. The van der Waals surface area contributed by atoms with Crippen molar-refractivity contribution in [3.05, 3.63) is 48.3 Å². The van der Waals surface area contributed by atoms with Gasteiger partial charge in [0.15, 0.2) is 17.3 Å². The van der Waals surface area contributed by atoms with Crippen molar-refractivity contribution < 1.29 is 18.7 Å². The van der Waals surface area contributed by atoms with Crippen LogP contribution in [-0.2, 0) is 6.54 Å². The molecule has 0 aliphatic heterocycles. The number of nitrogens with zero attached hydrogens (tertiary/aromatic N) is 2. The Morgan fingerprint density at radius 2 is 1.64 bits per heavy atom. The van der Waals surface area contributed by atoms with Crippen LogP contribution in [0.5, 0.6) is 17.2 Å². The molecule has 0 unspecified atom stereocenters. The molecule has 2 aromatic carbocycles. The van der Waals surface area contributed by atoms with Crippen molar-refractivity contribution in [3.8, 4) is 28.7 Å². The summed E-state index contributed by atoms with van der Waals surface area (Å²) in [7, 11) is 4.72. The number of anilines is 1. The summed E-state index contributed by atoms with van der Waals surface area (Å²) in [6.45, 7) is 0.398. The number of aromatic nitrogens is 2. The van der Waals surface area contributed by atoms with Gasteiger partial charge >= 0.3 is 0 Å². The Labute approximate surface area is 145 Å². The van der Waals surface area contributed by atoms with Gasteiger partial charge < -0.3 is 24.1 Å². The van der Waals surface area contributed by atoms with Gasteiger partial charge in [-0.2, -0.15) is 4.98 Å². The van der Waals surface area contributed by atoms with E-state index in [0.717, 1.165) is 11.3 Å². The van der Waals surface area contributed by atoms with E-state index in [0.29, 0.717) is 35.5 Å². The number of methoxy groups -OCH3 is 3. The van der Waals surface area contributed by atoms with Gasteiger partial charge in [-0.25, -0.2) is 0 Å². The van der Waals surface area contributed by atoms with Crippen LogP contribution in [0.15, 0.2) is 47.0 Å². The predicted molar refractivity (Wildman–Crippen MR) is 93.2 cm³/mol. The van der Waals surface area contributed by atoms with E-state index in [1.165, 1.54) is 0 Å². The van der Waals surface area contributed by atoms with Gasteiger partial charge in [0.05, 0.1) is 27.9 Å². The van der Waals surface area contributed by atoms with E-state index in [1.54, 1.807) is 21.3 Å². The molecule has 0 aliphatic rings. The highest BCUT2D eigenvalue weighted by atomic mass is 16.5. The van der Waals surface area contributed by atoms with E-state index >= 15 is 0 Å². The third kappa shape index (κ3) is 3.65. The first-order valence-electron chi connectivity index (χ1n) is 7.67. The number of rotatable bonds is 7. The summed E-state index contributed by atoms with van der Waals surface area (Å²) < 4.78 is 21.3. The molecule has 0 saturated heterocycles. The average Bonchev–Trinajstić information content (AvgIpc) is 3.15. The van der Waals surface area contributed by atoms with Gasteiger partial charge in [-0.05, 0) is 12.1 Å². The Balaban J connectivity index is 1.75. The molecule has 0 radical (unpaired) electrons. The summed E-state index contributed by atoms with van der Waals surface area (Å²) >= 11 is 0. The van der Waals surface area contributed by atoms with Gasteiger partial charge in [0.25, 0.3) is 5.89 Å². The normalized spacial score (nSPS) is 10.4. The van der Waals surface area contributed by atoms with Crippen LogP contribution in [0, 0.1) is 0 Å². The van der Waals surface area contributed by atoms with Gasteiger partial charge in [-0.15, -0.1) is 0 Å². The molecular weight excluding hydrogens is 322 g/mol. The summed E-state index contributed by atoms with van der Waals surface area (Å²) in [5.41, 5.74) is 1.68. The van der Waals surface area contributed by atoms with Crippen molar-refractivity contribution >= 4 is 5.69 Å². The van der Waals surface area contributed by atoms with E-state index in [-0.39, 0.29) is 0 Å². The molecule has 0 amide bonds. The van der Waals surface area contributed by atoms with Gasteiger partial charge in [-0.3, -0.25) is 0 Å². The first-order chi connectivity index (χ1) is 12.2. The highest BCUT2D eigenvalue weighted by Crippen LogP contribution is 2.39. The van der Waals surface area contributed by atoms with E-state index in [2.05, 4.69) is 15.5 Å². The van der Waals surface area contributed by atoms with Crippen molar-refractivity contribution in [1.29, 1.82) is 0 Å². The molecule has 7 heteroatoms. The summed E-state index contributed by atoms with van der Waals surface area (Å²) in [4.78, 5) is 4.39. The summed E-state index contributed by atoms with van der Waals surface area (Å²) in [5, 5.41) is 7.22. The quantitative estimate of drug-likeness (QED) is 0.706. The molecule has 1 N–H and O–H groups in total. The molecule has 0 saturated carbocycles. The largest absolute Gasteiger partial charge is 0.493 e. The lowest BCUT2D eigenvalue weighted by Gasteiger charge is -2.14. The number of hydrogen-bond donors (Lipinski definition) is 1. The molecular formula is C18H19N3O4. The van der Waals surface area contributed by atoms with Crippen LogP contribution < -0.4 is 19.5 Å². The summed E-state index contributed by atoms with van der Waals surface area (Å²) in [6, 6.07) is 13.3. The second-order valence-electron chi connectivity index (χ2n) is 5.15. The molecule has 7 nitrogen and oxygen atoms in total. The monoisotopic (exact) mass is 341 g/mol. The van der Waals surface area contributed by atoms with Gasteiger partial charge in [0, 0.05) is 23.4 Å². The van der Waals surface area contributed by atoms with Crippen LogP contribution in [-0.4, -0.2) is 31.5 Å². The summed E-state index contributed by atoms with van der Waals surface area (Å²) in [6.07, 6.45) is 0. The standard InChI is InChI=1S/C18H19N3O4/c1-22-14-9-13(10-15(23-2)17(14)24-3)19-11-16-20-18(25-21-16)12-7-5-4-6-8-12/h4-10,19H,11H2,1-3H3. The molecule has 25 heavy (non-hydrogen) atoms. The van der Waals surface area contributed by atoms with Crippen molar-refractivity contribution in [1.82, 2.24) is 10.1 Å². The minimum absolute atomic E-state index is 0.398. The lowest BCUT2D eigenvalue weighted by molar-refractivity contribution is 0.324. The zero-order chi connectivity index (χ0) is 17.6. The fraction of sp³-hybridized carbons (Fsp3) is 0.222. The van der Waals surface area contributed by atoms with Crippen molar-refractivity contribution in [2.24, 2.45) is 0 Å². The molecule has 0 atom stereocenters. The number of hydrogen-bond acceptors (Lipinski definition) is 7.